The summed E-state index contributed by atoms with van der Waals surface area (Å²) >= 11 is 0. The van der Waals surface area contributed by atoms with E-state index in [4.69, 9.17) is 9.47 Å². The Hall–Kier alpha value is -2.24. The van der Waals surface area contributed by atoms with Crippen molar-refractivity contribution in [1.29, 1.82) is 0 Å². The third-order valence-electron chi connectivity index (χ3n) is 4.56. The van der Waals surface area contributed by atoms with Crippen molar-refractivity contribution in [2.75, 3.05) is 32.8 Å². The number of hydrogen-bond donors (Lipinski definition) is 0. The van der Waals surface area contributed by atoms with Crippen LogP contribution in [0, 0.1) is 6.92 Å². The van der Waals surface area contributed by atoms with Gasteiger partial charge in [0.1, 0.15) is 5.75 Å². The number of benzene rings is 1. The van der Waals surface area contributed by atoms with Crippen LogP contribution in [0.4, 0.5) is 4.79 Å². The summed E-state index contributed by atoms with van der Waals surface area (Å²) in [5, 5.41) is 0. The Bertz CT molecular complexity index is 637. The summed E-state index contributed by atoms with van der Waals surface area (Å²) in [4.78, 5) is 27.9. The first-order chi connectivity index (χ1) is 12.3. The van der Waals surface area contributed by atoms with Gasteiger partial charge in [-0.3, -0.25) is 4.79 Å². The molecule has 0 aromatic heterocycles. The van der Waals surface area contributed by atoms with Gasteiger partial charge in [0.25, 0.3) is 5.91 Å². The van der Waals surface area contributed by atoms with Crippen molar-refractivity contribution in [3.05, 3.63) is 29.3 Å². The normalized spacial score (nSPS) is 15.8. The van der Waals surface area contributed by atoms with Gasteiger partial charge in [0.15, 0.2) is 6.10 Å². The molecule has 2 amide bonds. The van der Waals surface area contributed by atoms with Gasteiger partial charge in [-0.25, -0.2) is 4.79 Å². The first kappa shape index (κ1) is 20.1. The molecule has 0 spiro atoms. The lowest BCUT2D eigenvalue weighted by molar-refractivity contribution is -0.139. The number of amides is 2. The van der Waals surface area contributed by atoms with Gasteiger partial charge in [-0.1, -0.05) is 26.0 Å². The van der Waals surface area contributed by atoms with E-state index >= 15 is 0 Å². The molecule has 144 valence electrons. The summed E-state index contributed by atoms with van der Waals surface area (Å²) in [6.07, 6.45) is -0.881. The summed E-state index contributed by atoms with van der Waals surface area (Å²) in [7, 11) is 0. The molecule has 0 aliphatic carbocycles. The Morgan fingerprint density at radius 3 is 2.27 bits per heavy atom. The molecule has 6 nitrogen and oxygen atoms in total. The summed E-state index contributed by atoms with van der Waals surface area (Å²) in [6, 6.07) is 6.10. The van der Waals surface area contributed by atoms with E-state index in [2.05, 4.69) is 26.0 Å². The fraction of sp³-hybridized carbons (Fsp3) is 0.600. The molecule has 26 heavy (non-hydrogen) atoms. The fourth-order valence-corrected chi connectivity index (χ4v) is 3.04. The highest BCUT2D eigenvalue weighted by atomic mass is 16.6. The highest BCUT2D eigenvalue weighted by Crippen LogP contribution is 2.28. The van der Waals surface area contributed by atoms with Crippen LogP contribution < -0.4 is 4.74 Å². The van der Waals surface area contributed by atoms with Gasteiger partial charge in [-0.05, 0) is 43.9 Å². The lowest BCUT2D eigenvalue weighted by Crippen LogP contribution is -2.53. The van der Waals surface area contributed by atoms with E-state index in [0.717, 1.165) is 16.9 Å². The Balaban J connectivity index is 1.97. The Labute approximate surface area is 156 Å². The second-order valence-electron chi connectivity index (χ2n) is 6.97. The van der Waals surface area contributed by atoms with Crippen LogP contribution >= 0.6 is 0 Å². The van der Waals surface area contributed by atoms with Crippen molar-refractivity contribution in [3.63, 3.8) is 0 Å². The smallest absolute Gasteiger partial charge is 0.409 e. The van der Waals surface area contributed by atoms with Crippen molar-refractivity contribution in [3.8, 4) is 5.75 Å². The SMILES string of the molecule is CCOC(=O)N1CCN(C(=O)[C@H](C)Oc2cc(C)ccc2C(C)C)CC1. The number of rotatable bonds is 5. The molecule has 1 heterocycles. The molecule has 1 aliphatic rings. The van der Waals surface area contributed by atoms with Crippen molar-refractivity contribution >= 4 is 12.0 Å². The van der Waals surface area contributed by atoms with Crippen molar-refractivity contribution < 1.29 is 19.1 Å². The molecule has 1 aromatic rings. The van der Waals surface area contributed by atoms with E-state index in [1.807, 2.05) is 13.0 Å². The zero-order valence-electron chi connectivity index (χ0n) is 16.4. The standard InChI is InChI=1S/C20H30N2O4/c1-6-25-20(24)22-11-9-21(10-12-22)19(23)16(5)26-18-13-15(4)7-8-17(18)14(2)3/h7-8,13-14,16H,6,9-12H2,1-5H3/t16-/m0/s1. The Morgan fingerprint density at radius 1 is 1.08 bits per heavy atom. The molecule has 0 unspecified atom stereocenters. The molecule has 1 aromatic carbocycles. The maximum atomic E-state index is 12.7. The molecular formula is C20H30N2O4. The third kappa shape index (κ3) is 4.90. The van der Waals surface area contributed by atoms with Crippen molar-refractivity contribution in [2.24, 2.45) is 0 Å². The van der Waals surface area contributed by atoms with Crippen LogP contribution in [-0.2, 0) is 9.53 Å². The van der Waals surface area contributed by atoms with Crippen LogP contribution in [0.2, 0.25) is 0 Å². The molecule has 1 saturated heterocycles. The maximum Gasteiger partial charge on any atom is 0.409 e. The highest BCUT2D eigenvalue weighted by molar-refractivity contribution is 5.81. The summed E-state index contributed by atoms with van der Waals surface area (Å²) in [6.45, 7) is 12.1. The van der Waals surface area contributed by atoms with Crippen LogP contribution in [-0.4, -0.2) is 60.7 Å². The van der Waals surface area contributed by atoms with E-state index in [1.54, 1.807) is 23.6 Å². The van der Waals surface area contributed by atoms with E-state index in [1.165, 1.54) is 0 Å². The molecule has 0 radical (unpaired) electrons. The second-order valence-corrected chi connectivity index (χ2v) is 6.97. The minimum Gasteiger partial charge on any atom is -0.481 e. The molecular weight excluding hydrogens is 332 g/mol. The van der Waals surface area contributed by atoms with Gasteiger partial charge in [0.05, 0.1) is 6.61 Å². The van der Waals surface area contributed by atoms with E-state index in [-0.39, 0.29) is 12.0 Å². The molecule has 0 N–H and O–H groups in total. The van der Waals surface area contributed by atoms with E-state index < -0.39 is 6.10 Å². The van der Waals surface area contributed by atoms with Gasteiger partial charge in [0.2, 0.25) is 0 Å². The van der Waals surface area contributed by atoms with Gasteiger partial charge in [-0.2, -0.15) is 0 Å². The summed E-state index contributed by atoms with van der Waals surface area (Å²) in [5.41, 5.74) is 2.20. The number of nitrogens with zero attached hydrogens (tertiary/aromatic N) is 2. The van der Waals surface area contributed by atoms with Gasteiger partial charge >= 0.3 is 6.09 Å². The third-order valence-corrected chi connectivity index (χ3v) is 4.56. The number of ether oxygens (including phenoxy) is 2. The highest BCUT2D eigenvalue weighted by Gasteiger charge is 2.28. The number of piperazine rings is 1. The van der Waals surface area contributed by atoms with Gasteiger partial charge in [0, 0.05) is 26.2 Å². The fourth-order valence-electron chi connectivity index (χ4n) is 3.04. The topological polar surface area (TPSA) is 59.1 Å². The average molecular weight is 362 g/mol. The summed E-state index contributed by atoms with van der Waals surface area (Å²) in [5.74, 6) is 1.04. The Kier molecular flexibility index (Phi) is 6.89. The zero-order valence-corrected chi connectivity index (χ0v) is 16.4. The molecule has 1 atom stereocenters. The van der Waals surface area contributed by atoms with Crippen LogP contribution in [0.15, 0.2) is 18.2 Å². The summed E-state index contributed by atoms with van der Waals surface area (Å²) < 4.78 is 11.0. The van der Waals surface area contributed by atoms with Crippen LogP contribution in [0.1, 0.15) is 44.7 Å². The number of aryl methyl sites for hydroxylation is 1. The minimum atomic E-state index is -0.566. The number of carbonyl (C=O) groups is 2. The molecule has 0 bridgehead atoms. The minimum absolute atomic E-state index is 0.0512. The van der Waals surface area contributed by atoms with Crippen LogP contribution in [0.5, 0.6) is 5.75 Å². The lowest BCUT2D eigenvalue weighted by Gasteiger charge is -2.35. The predicted octanol–water partition coefficient (Wildman–Crippen LogP) is 3.19. The van der Waals surface area contributed by atoms with Crippen LogP contribution in [0.25, 0.3) is 0 Å². The number of hydrogen-bond acceptors (Lipinski definition) is 4. The maximum absolute atomic E-state index is 12.7. The first-order valence-corrected chi connectivity index (χ1v) is 9.31. The first-order valence-electron chi connectivity index (χ1n) is 9.31. The average Bonchev–Trinajstić information content (AvgIpc) is 2.61. The molecule has 0 saturated carbocycles. The van der Waals surface area contributed by atoms with Crippen molar-refractivity contribution in [2.45, 2.75) is 46.6 Å². The van der Waals surface area contributed by atoms with Gasteiger partial charge in [-0.15, -0.1) is 0 Å². The molecule has 6 heteroatoms. The number of carbonyl (C=O) groups excluding carboxylic acids is 2. The quantitative estimate of drug-likeness (QED) is 0.807. The molecule has 1 fully saturated rings. The zero-order chi connectivity index (χ0) is 19.3. The Morgan fingerprint density at radius 2 is 1.69 bits per heavy atom. The monoisotopic (exact) mass is 362 g/mol. The van der Waals surface area contributed by atoms with E-state index in [9.17, 15) is 9.59 Å². The predicted molar refractivity (Wildman–Crippen MR) is 101 cm³/mol. The van der Waals surface area contributed by atoms with Crippen LogP contribution in [0.3, 0.4) is 0 Å². The molecule has 1 aliphatic heterocycles. The van der Waals surface area contributed by atoms with Crippen molar-refractivity contribution in [1.82, 2.24) is 9.80 Å². The van der Waals surface area contributed by atoms with E-state index in [0.29, 0.717) is 38.7 Å². The lowest BCUT2D eigenvalue weighted by atomic mass is 10.0. The molecule has 2 rings (SSSR count). The largest absolute Gasteiger partial charge is 0.481 e. The van der Waals surface area contributed by atoms with Gasteiger partial charge < -0.3 is 19.3 Å². The second kappa shape index (κ2) is 8.92.